The predicted octanol–water partition coefficient (Wildman–Crippen LogP) is 2.60. The smallest absolute Gasteiger partial charge is 0.269 e. The summed E-state index contributed by atoms with van der Waals surface area (Å²) in [6, 6.07) is 13.7. The number of benzene rings is 2. The molecule has 7 heteroatoms. The molecule has 0 bridgehead atoms. The number of hydrogen-bond donors (Lipinski definition) is 3. The lowest BCUT2D eigenvalue weighted by molar-refractivity contribution is 0.0934. The highest BCUT2D eigenvalue weighted by Crippen LogP contribution is 2.14. The van der Waals surface area contributed by atoms with Gasteiger partial charge in [-0.15, -0.1) is 0 Å². The second-order valence-corrected chi connectivity index (χ2v) is 5.47. The van der Waals surface area contributed by atoms with Crippen LogP contribution in [0, 0.1) is 6.92 Å². The van der Waals surface area contributed by atoms with E-state index in [9.17, 15) is 9.59 Å². The van der Waals surface area contributed by atoms with Gasteiger partial charge in [0.05, 0.1) is 10.6 Å². The fourth-order valence-electron chi connectivity index (χ4n) is 1.86. The van der Waals surface area contributed by atoms with Crippen LogP contribution >= 0.6 is 23.8 Å². The zero-order valence-corrected chi connectivity index (χ0v) is 13.8. The quantitative estimate of drug-likeness (QED) is 0.577. The summed E-state index contributed by atoms with van der Waals surface area (Å²) in [4.78, 5) is 24.0. The van der Waals surface area contributed by atoms with Crippen LogP contribution in [0.2, 0.25) is 5.02 Å². The Morgan fingerprint density at radius 3 is 2.17 bits per heavy atom. The van der Waals surface area contributed by atoms with Crippen LogP contribution < -0.4 is 16.2 Å². The predicted molar refractivity (Wildman–Crippen MR) is 93.3 cm³/mol. The van der Waals surface area contributed by atoms with Crippen LogP contribution in [0.5, 0.6) is 0 Å². The Hall–Kier alpha value is -2.44. The van der Waals surface area contributed by atoms with Gasteiger partial charge in [0.15, 0.2) is 5.11 Å². The summed E-state index contributed by atoms with van der Waals surface area (Å²) < 4.78 is 0. The van der Waals surface area contributed by atoms with Gasteiger partial charge in [0.1, 0.15) is 0 Å². The maximum absolute atomic E-state index is 12.0. The Labute approximate surface area is 144 Å². The summed E-state index contributed by atoms with van der Waals surface area (Å²) in [5.41, 5.74) is 6.56. The largest absolute Gasteiger partial charge is 0.298 e. The number of hydrogen-bond acceptors (Lipinski definition) is 3. The van der Waals surface area contributed by atoms with Crippen LogP contribution in [-0.2, 0) is 0 Å². The molecule has 2 amide bonds. The zero-order valence-electron chi connectivity index (χ0n) is 12.2. The van der Waals surface area contributed by atoms with Crippen LogP contribution in [0.1, 0.15) is 26.3 Å². The number of hydrazine groups is 1. The van der Waals surface area contributed by atoms with E-state index in [2.05, 4.69) is 16.2 Å². The number of thiocarbonyl (C=S) groups is 1. The molecule has 0 spiro atoms. The first-order valence-electron chi connectivity index (χ1n) is 6.71. The van der Waals surface area contributed by atoms with Crippen LogP contribution in [0.4, 0.5) is 0 Å². The molecule has 5 nitrogen and oxygen atoms in total. The first-order valence-corrected chi connectivity index (χ1v) is 7.49. The first kappa shape index (κ1) is 16.9. The number of carbonyl (C=O) groups is 2. The van der Waals surface area contributed by atoms with E-state index in [-0.39, 0.29) is 11.0 Å². The van der Waals surface area contributed by atoms with Gasteiger partial charge in [-0.05, 0) is 42.9 Å². The minimum absolute atomic E-state index is 0.0307. The lowest BCUT2D eigenvalue weighted by atomic mass is 10.1. The molecule has 2 rings (SSSR count). The third-order valence-corrected chi connectivity index (χ3v) is 3.56. The van der Waals surface area contributed by atoms with Crippen molar-refractivity contribution in [3.8, 4) is 0 Å². The lowest BCUT2D eigenvalue weighted by Gasteiger charge is -2.12. The van der Waals surface area contributed by atoms with Crippen molar-refractivity contribution in [3.05, 3.63) is 70.2 Å². The molecule has 118 valence electrons. The van der Waals surface area contributed by atoms with Gasteiger partial charge in [-0.25, -0.2) is 0 Å². The highest BCUT2D eigenvalue weighted by atomic mass is 35.5. The first-order chi connectivity index (χ1) is 11.0. The number of rotatable bonds is 2. The van der Waals surface area contributed by atoms with Crippen molar-refractivity contribution < 1.29 is 9.59 Å². The van der Waals surface area contributed by atoms with Crippen molar-refractivity contribution >= 4 is 40.7 Å². The van der Waals surface area contributed by atoms with Crippen LogP contribution in [0.3, 0.4) is 0 Å². The van der Waals surface area contributed by atoms with E-state index in [4.69, 9.17) is 23.8 Å². The molecule has 0 aliphatic heterocycles. The Bertz CT molecular complexity index is 764. The van der Waals surface area contributed by atoms with Gasteiger partial charge in [-0.1, -0.05) is 41.9 Å². The van der Waals surface area contributed by atoms with E-state index in [0.717, 1.165) is 5.56 Å². The Kier molecular flexibility index (Phi) is 5.67. The lowest BCUT2D eigenvalue weighted by Crippen LogP contribution is -2.48. The van der Waals surface area contributed by atoms with Crippen molar-refractivity contribution in [1.82, 2.24) is 16.2 Å². The maximum atomic E-state index is 12.0. The van der Waals surface area contributed by atoms with E-state index in [1.54, 1.807) is 36.4 Å². The summed E-state index contributed by atoms with van der Waals surface area (Å²) in [5, 5.41) is 2.73. The monoisotopic (exact) mass is 347 g/mol. The van der Waals surface area contributed by atoms with Gasteiger partial charge in [0, 0.05) is 5.56 Å². The minimum Gasteiger partial charge on any atom is -0.298 e. The third kappa shape index (κ3) is 4.51. The molecule has 0 atom stereocenters. The zero-order chi connectivity index (χ0) is 16.8. The van der Waals surface area contributed by atoms with Crippen LogP contribution in [-0.4, -0.2) is 16.9 Å². The van der Waals surface area contributed by atoms with Crippen molar-refractivity contribution in [2.75, 3.05) is 0 Å². The van der Waals surface area contributed by atoms with E-state index < -0.39 is 5.91 Å². The normalized spacial score (nSPS) is 9.83. The number of nitrogens with one attached hydrogen (secondary N) is 3. The molecule has 0 unspecified atom stereocenters. The SMILES string of the molecule is Cc1ccccc1C(=O)NNC(=S)NC(=O)c1ccccc1Cl. The van der Waals surface area contributed by atoms with Gasteiger partial charge in [0.2, 0.25) is 0 Å². The Morgan fingerprint density at radius 1 is 0.913 bits per heavy atom. The fraction of sp³-hybridized carbons (Fsp3) is 0.0625. The van der Waals surface area contributed by atoms with Crippen LogP contribution in [0.25, 0.3) is 0 Å². The molecular weight excluding hydrogens is 334 g/mol. The summed E-state index contributed by atoms with van der Waals surface area (Å²) >= 11 is 10.9. The van der Waals surface area contributed by atoms with Gasteiger partial charge in [-0.2, -0.15) is 0 Å². The number of carbonyl (C=O) groups excluding carboxylic acids is 2. The molecule has 0 radical (unpaired) electrons. The topological polar surface area (TPSA) is 70.2 Å². The van der Waals surface area contributed by atoms with Gasteiger partial charge in [0.25, 0.3) is 11.8 Å². The molecule has 0 saturated heterocycles. The molecule has 0 heterocycles. The minimum atomic E-state index is -0.460. The Morgan fingerprint density at radius 2 is 1.52 bits per heavy atom. The molecule has 0 fully saturated rings. The maximum Gasteiger partial charge on any atom is 0.269 e. The third-order valence-electron chi connectivity index (χ3n) is 3.02. The molecule has 2 aromatic rings. The van der Waals surface area contributed by atoms with E-state index in [0.29, 0.717) is 16.1 Å². The molecule has 0 aliphatic carbocycles. The van der Waals surface area contributed by atoms with E-state index in [1.807, 2.05) is 19.1 Å². The van der Waals surface area contributed by atoms with E-state index in [1.165, 1.54) is 0 Å². The second kappa shape index (κ2) is 7.71. The highest BCUT2D eigenvalue weighted by Gasteiger charge is 2.12. The van der Waals surface area contributed by atoms with E-state index >= 15 is 0 Å². The number of halogens is 1. The fourth-order valence-corrected chi connectivity index (χ4v) is 2.22. The number of amides is 2. The summed E-state index contributed by atoms with van der Waals surface area (Å²) in [7, 11) is 0. The molecule has 0 saturated carbocycles. The van der Waals surface area contributed by atoms with Gasteiger partial charge in [-0.3, -0.25) is 25.8 Å². The van der Waals surface area contributed by atoms with Gasteiger partial charge < -0.3 is 0 Å². The highest BCUT2D eigenvalue weighted by molar-refractivity contribution is 7.80. The molecule has 2 aromatic carbocycles. The summed E-state index contributed by atoms with van der Waals surface area (Å²) in [6.45, 7) is 1.83. The average molecular weight is 348 g/mol. The standard InChI is InChI=1S/C16H14ClN3O2S/c1-10-6-2-3-7-11(10)15(22)19-20-16(23)18-14(21)12-8-4-5-9-13(12)17/h2-9H,1H3,(H,19,22)(H2,18,20,21,23). The molecule has 23 heavy (non-hydrogen) atoms. The number of aryl methyl sites for hydroxylation is 1. The average Bonchev–Trinajstić information content (AvgIpc) is 2.53. The van der Waals surface area contributed by atoms with Crippen LogP contribution in [0.15, 0.2) is 48.5 Å². The summed E-state index contributed by atoms with van der Waals surface area (Å²) in [6.07, 6.45) is 0. The van der Waals surface area contributed by atoms with Gasteiger partial charge >= 0.3 is 0 Å². The summed E-state index contributed by atoms with van der Waals surface area (Å²) in [5.74, 6) is -0.810. The van der Waals surface area contributed by atoms with Crippen molar-refractivity contribution in [1.29, 1.82) is 0 Å². The van der Waals surface area contributed by atoms with Crippen molar-refractivity contribution in [2.24, 2.45) is 0 Å². The molecule has 3 N–H and O–H groups in total. The second-order valence-electron chi connectivity index (χ2n) is 4.66. The Balaban J connectivity index is 1.91. The molecule has 0 aromatic heterocycles. The van der Waals surface area contributed by atoms with Crippen molar-refractivity contribution in [2.45, 2.75) is 6.92 Å². The molecule has 0 aliphatic rings. The van der Waals surface area contributed by atoms with Crippen molar-refractivity contribution in [3.63, 3.8) is 0 Å². The molecular formula is C16H14ClN3O2S.